The summed E-state index contributed by atoms with van der Waals surface area (Å²) >= 11 is 1.53. The zero-order chi connectivity index (χ0) is 21.1. The lowest BCUT2D eigenvalue weighted by Crippen LogP contribution is -2.26. The second kappa shape index (κ2) is 8.78. The van der Waals surface area contributed by atoms with Crippen LogP contribution >= 0.6 is 11.3 Å². The van der Waals surface area contributed by atoms with Gasteiger partial charge in [-0.25, -0.2) is 4.98 Å². The number of carbonyl (C=O) groups excluding carboxylic acids is 1. The summed E-state index contributed by atoms with van der Waals surface area (Å²) < 4.78 is 11.8. The summed E-state index contributed by atoms with van der Waals surface area (Å²) in [7, 11) is 3.00. The van der Waals surface area contributed by atoms with E-state index in [1.807, 2.05) is 45.0 Å². The lowest BCUT2D eigenvalue weighted by Gasteiger charge is -2.15. The normalized spacial score (nSPS) is 11.2. The van der Waals surface area contributed by atoms with Gasteiger partial charge in [0.25, 0.3) is 5.56 Å². The number of rotatable bonds is 7. The van der Waals surface area contributed by atoms with Crippen LogP contribution in [0.15, 0.2) is 29.1 Å². The Morgan fingerprint density at radius 2 is 2.03 bits per heavy atom. The number of aromatic nitrogens is 2. The summed E-state index contributed by atoms with van der Waals surface area (Å²) in [5.74, 6) is 1.30. The number of hydrogen-bond acceptors (Lipinski definition) is 6. The van der Waals surface area contributed by atoms with Crippen molar-refractivity contribution in [2.75, 3.05) is 14.2 Å². The molecule has 6 nitrogen and oxygen atoms in total. The van der Waals surface area contributed by atoms with E-state index in [9.17, 15) is 9.59 Å². The van der Waals surface area contributed by atoms with Gasteiger partial charge in [0.1, 0.15) is 16.4 Å². The minimum Gasteiger partial charge on any atom is -0.497 e. The molecule has 1 aromatic carbocycles. The lowest BCUT2D eigenvalue weighted by molar-refractivity contribution is -0.140. The van der Waals surface area contributed by atoms with Gasteiger partial charge < -0.3 is 9.47 Å². The first kappa shape index (κ1) is 21.0. The summed E-state index contributed by atoms with van der Waals surface area (Å²) in [6, 6.07) is 7.72. The van der Waals surface area contributed by atoms with E-state index in [-0.39, 0.29) is 23.9 Å². The van der Waals surface area contributed by atoms with Gasteiger partial charge in [0.2, 0.25) is 0 Å². The van der Waals surface area contributed by atoms with Crippen molar-refractivity contribution in [1.82, 2.24) is 9.55 Å². The van der Waals surface area contributed by atoms with Gasteiger partial charge in [-0.2, -0.15) is 0 Å². The van der Waals surface area contributed by atoms with Crippen LogP contribution in [0.1, 0.15) is 43.3 Å². The zero-order valence-corrected chi connectivity index (χ0v) is 18.3. The van der Waals surface area contributed by atoms with Crippen molar-refractivity contribution in [2.24, 2.45) is 0 Å². The number of thiophene rings is 1. The molecule has 2 heterocycles. The number of hydrogen-bond donors (Lipinski definition) is 0. The van der Waals surface area contributed by atoms with Crippen molar-refractivity contribution in [1.29, 1.82) is 0 Å². The molecule has 154 valence electrons. The summed E-state index contributed by atoms with van der Waals surface area (Å²) in [4.78, 5) is 31.7. The zero-order valence-electron chi connectivity index (χ0n) is 17.4. The highest BCUT2D eigenvalue weighted by molar-refractivity contribution is 7.19. The van der Waals surface area contributed by atoms with E-state index in [0.717, 1.165) is 32.4 Å². The van der Waals surface area contributed by atoms with Gasteiger partial charge in [0.05, 0.1) is 19.6 Å². The van der Waals surface area contributed by atoms with Crippen LogP contribution in [0, 0.1) is 6.92 Å². The molecule has 0 saturated heterocycles. The van der Waals surface area contributed by atoms with E-state index in [0.29, 0.717) is 18.4 Å². The molecular weight excluding hydrogens is 388 g/mol. The van der Waals surface area contributed by atoms with E-state index < -0.39 is 0 Å². The van der Waals surface area contributed by atoms with Crippen LogP contribution in [-0.4, -0.2) is 29.7 Å². The molecule has 29 heavy (non-hydrogen) atoms. The van der Waals surface area contributed by atoms with Crippen molar-refractivity contribution in [3.63, 3.8) is 0 Å². The molecule has 0 unspecified atom stereocenters. The fraction of sp³-hybridized carbons (Fsp3) is 0.409. The van der Waals surface area contributed by atoms with Gasteiger partial charge >= 0.3 is 5.97 Å². The fourth-order valence-electron chi connectivity index (χ4n) is 3.48. The molecule has 7 heteroatoms. The quantitative estimate of drug-likeness (QED) is 0.532. The predicted molar refractivity (Wildman–Crippen MR) is 116 cm³/mol. The maximum absolute atomic E-state index is 13.5. The largest absolute Gasteiger partial charge is 0.497 e. The minimum atomic E-state index is -0.276. The Balaban J connectivity index is 2.17. The Morgan fingerprint density at radius 1 is 1.28 bits per heavy atom. The van der Waals surface area contributed by atoms with Crippen LogP contribution in [0.3, 0.4) is 0 Å². The van der Waals surface area contributed by atoms with E-state index in [2.05, 4.69) is 0 Å². The maximum Gasteiger partial charge on any atom is 0.305 e. The highest BCUT2D eigenvalue weighted by atomic mass is 32.1. The van der Waals surface area contributed by atoms with Crippen LogP contribution in [0.25, 0.3) is 21.3 Å². The molecule has 0 aliphatic rings. The summed E-state index contributed by atoms with van der Waals surface area (Å²) in [5.41, 5.74) is 1.77. The highest BCUT2D eigenvalue weighted by Gasteiger charge is 2.21. The minimum absolute atomic E-state index is 0.0641. The Bertz CT molecular complexity index is 1100. The van der Waals surface area contributed by atoms with Gasteiger partial charge in [-0.05, 0) is 31.0 Å². The molecule has 0 bridgehead atoms. The molecule has 0 spiro atoms. The average Bonchev–Trinajstić information content (AvgIpc) is 3.05. The van der Waals surface area contributed by atoms with Crippen molar-refractivity contribution in [3.05, 3.63) is 45.3 Å². The molecule has 3 rings (SSSR count). The van der Waals surface area contributed by atoms with Crippen molar-refractivity contribution < 1.29 is 14.3 Å². The number of ether oxygens (including phenoxy) is 2. The second-order valence-corrected chi connectivity index (χ2v) is 8.41. The molecule has 0 radical (unpaired) electrons. The Morgan fingerprint density at radius 3 is 2.69 bits per heavy atom. The lowest BCUT2D eigenvalue weighted by atomic mass is 10.0. The number of aryl methyl sites for hydroxylation is 1. The van der Waals surface area contributed by atoms with Crippen LogP contribution in [0.4, 0.5) is 0 Å². The van der Waals surface area contributed by atoms with E-state index in [4.69, 9.17) is 14.5 Å². The van der Waals surface area contributed by atoms with Gasteiger partial charge in [-0.15, -0.1) is 11.3 Å². The smallest absolute Gasteiger partial charge is 0.305 e. The van der Waals surface area contributed by atoms with Crippen LogP contribution in [0.2, 0.25) is 0 Å². The molecule has 0 aliphatic carbocycles. The number of nitrogens with zero attached hydrogens (tertiary/aromatic N) is 2. The first-order valence-electron chi connectivity index (χ1n) is 9.62. The topological polar surface area (TPSA) is 70.4 Å². The van der Waals surface area contributed by atoms with Gasteiger partial charge in [0.15, 0.2) is 0 Å². The monoisotopic (exact) mass is 414 g/mol. The first-order chi connectivity index (χ1) is 13.9. The van der Waals surface area contributed by atoms with E-state index in [1.54, 1.807) is 11.7 Å². The molecular formula is C22H26N2O4S. The van der Waals surface area contributed by atoms with Gasteiger partial charge in [-0.1, -0.05) is 26.0 Å². The number of carbonyl (C=O) groups is 1. The summed E-state index contributed by atoms with van der Waals surface area (Å²) in [5, 5.41) is 0.628. The standard InChI is InChI=1S/C22H26N2O4S/c1-13(2)20-23-21-19(22(26)24(20)11-7-10-17(25)28-5)18(14(3)29-21)15-8-6-9-16(12-15)27-4/h6,8-9,12-13H,7,10-11H2,1-5H3. The average molecular weight is 415 g/mol. The third kappa shape index (κ3) is 4.19. The Kier molecular flexibility index (Phi) is 6.37. The molecule has 2 aromatic heterocycles. The molecule has 0 N–H and O–H groups in total. The molecule has 3 aromatic rings. The van der Waals surface area contributed by atoms with Crippen molar-refractivity contribution in [2.45, 2.75) is 46.1 Å². The van der Waals surface area contributed by atoms with Crippen LogP contribution in [-0.2, 0) is 16.1 Å². The van der Waals surface area contributed by atoms with Crippen LogP contribution < -0.4 is 10.3 Å². The molecule has 0 saturated carbocycles. The van der Waals surface area contributed by atoms with E-state index in [1.165, 1.54) is 18.4 Å². The third-order valence-electron chi connectivity index (χ3n) is 4.88. The van der Waals surface area contributed by atoms with Gasteiger partial charge in [0, 0.05) is 29.3 Å². The SMILES string of the molecule is COC(=O)CCCn1c(C(C)C)nc2sc(C)c(-c3cccc(OC)c3)c2c1=O. The second-order valence-electron chi connectivity index (χ2n) is 7.21. The Labute approximate surface area is 174 Å². The van der Waals surface area contributed by atoms with Crippen molar-refractivity contribution >= 4 is 27.5 Å². The van der Waals surface area contributed by atoms with Crippen LogP contribution in [0.5, 0.6) is 5.75 Å². The summed E-state index contributed by atoms with van der Waals surface area (Å²) in [6.07, 6.45) is 0.793. The molecule has 0 aliphatic heterocycles. The number of fused-ring (bicyclic) bond motifs is 1. The van der Waals surface area contributed by atoms with Gasteiger partial charge in [-0.3, -0.25) is 14.2 Å². The van der Waals surface area contributed by atoms with Crippen molar-refractivity contribution in [3.8, 4) is 16.9 Å². The molecule has 0 atom stereocenters. The maximum atomic E-state index is 13.5. The highest BCUT2D eigenvalue weighted by Crippen LogP contribution is 2.37. The molecule has 0 amide bonds. The number of methoxy groups -OCH3 is 2. The summed E-state index contributed by atoms with van der Waals surface area (Å²) in [6.45, 7) is 6.48. The van der Waals surface area contributed by atoms with E-state index >= 15 is 0 Å². The molecule has 0 fully saturated rings. The fourth-order valence-corrected chi connectivity index (χ4v) is 4.52. The number of esters is 1. The predicted octanol–water partition coefficient (Wildman–Crippen LogP) is 4.52. The third-order valence-corrected chi connectivity index (χ3v) is 5.88. The first-order valence-corrected chi connectivity index (χ1v) is 10.4. The Hall–Kier alpha value is -2.67. The number of benzene rings is 1.